The van der Waals surface area contributed by atoms with Gasteiger partial charge in [0.05, 0.1) is 17.0 Å². The van der Waals surface area contributed by atoms with E-state index in [0.717, 1.165) is 18.0 Å². The lowest BCUT2D eigenvalue weighted by molar-refractivity contribution is -0.124. The van der Waals surface area contributed by atoms with Crippen LogP contribution >= 0.6 is 23.5 Å². The molecule has 1 fully saturated rings. The Hall–Kier alpha value is -2.01. The van der Waals surface area contributed by atoms with Crippen molar-refractivity contribution < 1.29 is 27.6 Å². The average molecular weight is 417 g/mol. The van der Waals surface area contributed by atoms with Gasteiger partial charge in [0.15, 0.2) is 0 Å². The Bertz CT molecular complexity index is 882. The lowest BCUT2D eigenvalue weighted by atomic mass is 10.3. The Balaban J connectivity index is 1.63. The molecule has 0 aromatic carbocycles. The number of hydrogen-bond acceptors (Lipinski definition) is 6. The number of thioether (sulfide) groups is 2. The van der Waals surface area contributed by atoms with Crippen molar-refractivity contribution in [2.45, 2.75) is 24.0 Å². The normalized spacial score (nSPS) is 15.1. The summed E-state index contributed by atoms with van der Waals surface area (Å²) in [7, 11) is 0. The minimum atomic E-state index is -4.97. The molecule has 0 radical (unpaired) electrons. The van der Waals surface area contributed by atoms with Crippen molar-refractivity contribution >= 4 is 46.1 Å². The zero-order chi connectivity index (χ0) is 19.6. The highest BCUT2D eigenvalue weighted by atomic mass is 32.2. The molecule has 2 aromatic heterocycles. The standard InChI is InChI=1S/C16H14F3N3O3S2/c17-16(18,19)14(24)10-8-20-11-4-3-5-13(22(10)11)26-7-2-1-6-21-12(23)9-27-15(21)25/h3-5,8H,1-2,6-7,9H2. The van der Waals surface area contributed by atoms with Crippen LogP contribution in [-0.4, -0.2) is 55.4 Å². The number of Topliss-reactive ketones (excluding diaryl/α,β-unsaturated/α-hetero) is 1. The monoisotopic (exact) mass is 417 g/mol. The Labute approximate surface area is 160 Å². The predicted octanol–water partition coefficient (Wildman–Crippen LogP) is 3.65. The maximum absolute atomic E-state index is 12.8. The van der Waals surface area contributed by atoms with Gasteiger partial charge in [-0.25, -0.2) is 4.98 Å². The van der Waals surface area contributed by atoms with Gasteiger partial charge >= 0.3 is 6.18 Å². The summed E-state index contributed by atoms with van der Waals surface area (Å²) in [5.41, 5.74) is -0.260. The quantitative estimate of drug-likeness (QED) is 0.389. The molecule has 144 valence electrons. The molecule has 0 unspecified atom stereocenters. The highest BCUT2D eigenvalue weighted by molar-refractivity contribution is 8.14. The first kappa shape index (κ1) is 19.7. The number of imidazole rings is 1. The van der Waals surface area contributed by atoms with Crippen molar-refractivity contribution in [2.24, 2.45) is 0 Å². The number of carbonyl (C=O) groups excluding carboxylic acids is 3. The number of carbonyl (C=O) groups is 3. The minimum Gasteiger partial charge on any atom is -0.284 e. The van der Waals surface area contributed by atoms with E-state index < -0.39 is 17.7 Å². The van der Waals surface area contributed by atoms with Gasteiger partial charge in [0.25, 0.3) is 11.0 Å². The number of aromatic nitrogens is 2. The third-order valence-electron chi connectivity index (χ3n) is 3.85. The SMILES string of the molecule is O=C1CSC(=O)N1CCCCSc1cccc2ncc(C(=O)C(F)(F)F)n12. The van der Waals surface area contributed by atoms with Crippen molar-refractivity contribution in [3.05, 3.63) is 30.1 Å². The molecule has 3 heterocycles. The first-order valence-electron chi connectivity index (χ1n) is 7.97. The van der Waals surface area contributed by atoms with E-state index in [9.17, 15) is 27.6 Å². The maximum Gasteiger partial charge on any atom is 0.456 e. The number of imide groups is 1. The smallest absolute Gasteiger partial charge is 0.284 e. The molecule has 1 aliphatic rings. The van der Waals surface area contributed by atoms with Crippen LogP contribution in [0.5, 0.6) is 0 Å². The molecule has 0 saturated carbocycles. The van der Waals surface area contributed by atoms with Crippen LogP contribution in [0.2, 0.25) is 0 Å². The molecule has 6 nitrogen and oxygen atoms in total. The Morgan fingerprint density at radius 3 is 2.70 bits per heavy atom. The molecule has 0 spiro atoms. The van der Waals surface area contributed by atoms with Gasteiger partial charge in [-0.2, -0.15) is 13.2 Å². The highest BCUT2D eigenvalue weighted by Crippen LogP contribution is 2.27. The molecule has 27 heavy (non-hydrogen) atoms. The number of hydrogen-bond donors (Lipinski definition) is 0. The van der Waals surface area contributed by atoms with Crippen molar-refractivity contribution in [1.29, 1.82) is 0 Å². The summed E-state index contributed by atoms with van der Waals surface area (Å²) in [6.45, 7) is 0.332. The van der Waals surface area contributed by atoms with Gasteiger partial charge in [0, 0.05) is 6.54 Å². The fourth-order valence-electron chi connectivity index (χ4n) is 2.57. The van der Waals surface area contributed by atoms with E-state index in [0.29, 0.717) is 30.2 Å². The van der Waals surface area contributed by atoms with Crippen molar-refractivity contribution in [1.82, 2.24) is 14.3 Å². The number of nitrogens with zero attached hydrogens (tertiary/aromatic N) is 3. The zero-order valence-electron chi connectivity index (χ0n) is 13.9. The lowest BCUT2D eigenvalue weighted by Crippen LogP contribution is -2.29. The van der Waals surface area contributed by atoms with Crippen LogP contribution < -0.4 is 0 Å². The van der Waals surface area contributed by atoms with E-state index in [1.807, 2.05) is 0 Å². The van der Waals surface area contributed by atoms with Gasteiger partial charge in [-0.15, -0.1) is 11.8 Å². The number of ketones is 1. The van der Waals surface area contributed by atoms with Crippen molar-refractivity contribution in [2.75, 3.05) is 18.1 Å². The molecule has 0 bridgehead atoms. The molecule has 1 aliphatic heterocycles. The Kier molecular flexibility index (Phi) is 5.80. The van der Waals surface area contributed by atoms with Gasteiger partial charge in [0.2, 0.25) is 5.91 Å². The van der Waals surface area contributed by atoms with Gasteiger partial charge in [-0.1, -0.05) is 17.8 Å². The number of amides is 2. The molecule has 0 N–H and O–H groups in total. The number of halogens is 3. The predicted molar refractivity (Wildman–Crippen MR) is 95.1 cm³/mol. The topological polar surface area (TPSA) is 71.8 Å². The highest BCUT2D eigenvalue weighted by Gasteiger charge is 2.41. The summed E-state index contributed by atoms with van der Waals surface area (Å²) in [5.74, 6) is -1.41. The van der Waals surface area contributed by atoms with Crippen molar-refractivity contribution in [3.63, 3.8) is 0 Å². The van der Waals surface area contributed by atoms with Gasteiger partial charge in [-0.05, 0) is 30.7 Å². The summed E-state index contributed by atoms with van der Waals surface area (Å²) in [4.78, 5) is 39.7. The second-order valence-corrected chi connectivity index (χ2v) is 7.73. The molecule has 11 heteroatoms. The summed E-state index contributed by atoms with van der Waals surface area (Å²) in [6.07, 6.45) is -2.79. The largest absolute Gasteiger partial charge is 0.456 e. The summed E-state index contributed by atoms with van der Waals surface area (Å²) in [5, 5.41) is 0.229. The molecule has 0 aliphatic carbocycles. The first-order valence-corrected chi connectivity index (χ1v) is 9.94. The van der Waals surface area contributed by atoms with Crippen LogP contribution in [0.3, 0.4) is 0 Å². The van der Waals surface area contributed by atoms with Gasteiger partial charge < -0.3 is 0 Å². The second kappa shape index (κ2) is 7.93. The third kappa shape index (κ3) is 4.29. The number of rotatable bonds is 7. The van der Waals surface area contributed by atoms with Crippen LogP contribution in [0, 0.1) is 0 Å². The molecule has 1 saturated heterocycles. The molecule has 2 aromatic rings. The molecule has 2 amide bonds. The minimum absolute atomic E-state index is 0.173. The first-order chi connectivity index (χ1) is 12.8. The third-order valence-corrected chi connectivity index (χ3v) is 5.82. The van der Waals surface area contributed by atoms with E-state index in [-0.39, 0.29) is 22.5 Å². The van der Waals surface area contributed by atoms with E-state index in [4.69, 9.17) is 0 Å². The van der Waals surface area contributed by atoms with Crippen molar-refractivity contribution in [3.8, 4) is 0 Å². The lowest BCUT2D eigenvalue weighted by Gasteiger charge is -2.12. The van der Waals surface area contributed by atoms with Gasteiger partial charge in [0.1, 0.15) is 11.3 Å². The maximum atomic E-state index is 12.8. The number of unbranched alkanes of at least 4 members (excludes halogenated alkanes) is 1. The second-order valence-electron chi connectivity index (χ2n) is 5.68. The number of fused-ring (bicyclic) bond motifs is 1. The molecular formula is C16H14F3N3O3S2. The van der Waals surface area contributed by atoms with E-state index in [1.54, 1.807) is 12.1 Å². The van der Waals surface area contributed by atoms with Crippen LogP contribution in [-0.2, 0) is 4.79 Å². The molecular weight excluding hydrogens is 403 g/mol. The Morgan fingerprint density at radius 1 is 1.26 bits per heavy atom. The van der Waals surface area contributed by atoms with Gasteiger partial charge in [-0.3, -0.25) is 23.7 Å². The van der Waals surface area contributed by atoms with E-state index >= 15 is 0 Å². The zero-order valence-corrected chi connectivity index (χ0v) is 15.5. The average Bonchev–Trinajstić information content (AvgIpc) is 3.18. The van der Waals surface area contributed by atoms with Crippen LogP contribution in [0.4, 0.5) is 18.0 Å². The Morgan fingerprint density at radius 2 is 2.04 bits per heavy atom. The number of alkyl halides is 3. The van der Waals surface area contributed by atoms with Crippen LogP contribution in [0.25, 0.3) is 5.65 Å². The van der Waals surface area contributed by atoms with Crippen LogP contribution in [0.15, 0.2) is 29.4 Å². The van der Waals surface area contributed by atoms with E-state index in [2.05, 4.69) is 4.98 Å². The van der Waals surface area contributed by atoms with E-state index in [1.165, 1.54) is 27.1 Å². The summed E-state index contributed by atoms with van der Waals surface area (Å²) in [6, 6.07) is 4.81. The summed E-state index contributed by atoms with van der Waals surface area (Å²) < 4.78 is 39.5. The summed E-state index contributed by atoms with van der Waals surface area (Å²) >= 11 is 2.27. The number of pyridine rings is 1. The fourth-order valence-corrected chi connectivity index (χ4v) is 4.38. The fraction of sp³-hybridized carbons (Fsp3) is 0.375. The molecule has 3 rings (SSSR count). The molecule has 0 atom stereocenters. The van der Waals surface area contributed by atoms with Crippen LogP contribution in [0.1, 0.15) is 23.3 Å².